The molecule has 1 aromatic carbocycles. The van der Waals surface area contributed by atoms with Crippen LogP contribution in [-0.2, 0) is 10.4 Å². The Kier molecular flexibility index (Phi) is 5.21. The van der Waals surface area contributed by atoms with Crippen LogP contribution in [0.4, 0.5) is 0 Å². The van der Waals surface area contributed by atoms with Crippen molar-refractivity contribution in [2.45, 2.75) is 12.5 Å². The predicted octanol–water partition coefficient (Wildman–Crippen LogP) is 3.08. The third kappa shape index (κ3) is 3.92. The van der Waals surface area contributed by atoms with E-state index in [1.165, 1.54) is 17.6 Å². The highest BCUT2D eigenvalue weighted by atomic mass is 32.1. The van der Waals surface area contributed by atoms with Gasteiger partial charge in [0.2, 0.25) is 0 Å². The van der Waals surface area contributed by atoms with E-state index < -0.39 is 5.60 Å². The summed E-state index contributed by atoms with van der Waals surface area (Å²) in [4.78, 5) is 12.8. The number of hydrogen-bond donors (Lipinski definition) is 2. The van der Waals surface area contributed by atoms with Gasteiger partial charge >= 0.3 is 0 Å². The second-order valence-electron chi connectivity index (χ2n) is 5.65. The average Bonchev–Trinajstić information content (AvgIpc) is 3.32. The van der Waals surface area contributed by atoms with E-state index in [1.54, 1.807) is 12.1 Å². The Balaban J connectivity index is 1.64. The SMILES string of the molecule is Cc1ccccc1OCC(=O)NCC(O)(c1ccco1)c1cccs1. The quantitative estimate of drug-likeness (QED) is 0.682. The average molecular weight is 357 g/mol. The summed E-state index contributed by atoms with van der Waals surface area (Å²) < 4.78 is 10.9. The summed E-state index contributed by atoms with van der Waals surface area (Å²) in [5.41, 5.74) is -0.448. The molecule has 25 heavy (non-hydrogen) atoms. The normalized spacial score (nSPS) is 13.2. The third-order valence-corrected chi connectivity index (χ3v) is 4.87. The second-order valence-corrected chi connectivity index (χ2v) is 6.59. The molecule has 0 aliphatic rings. The van der Waals surface area contributed by atoms with Gasteiger partial charge in [-0.1, -0.05) is 24.3 Å². The minimum absolute atomic E-state index is 0.00298. The van der Waals surface area contributed by atoms with Crippen molar-refractivity contribution >= 4 is 17.2 Å². The van der Waals surface area contributed by atoms with E-state index in [-0.39, 0.29) is 19.1 Å². The van der Waals surface area contributed by atoms with E-state index in [2.05, 4.69) is 5.32 Å². The first-order chi connectivity index (χ1) is 12.1. The summed E-state index contributed by atoms with van der Waals surface area (Å²) in [6.07, 6.45) is 1.50. The molecule has 130 valence electrons. The standard InChI is InChI=1S/C19H19NO4S/c1-14-6-2-3-7-15(14)24-12-18(21)20-13-19(22,16-8-4-10-23-16)17-9-5-11-25-17/h2-11,22H,12-13H2,1H3,(H,20,21). The molecule has 0 bridgehead atoms. The van der Waals surface area contributed by atoms with Gasteiger partial charge < -0.3 is 19.6 Å². The maximum atomic E-state index is 12.1. The minimum atomic E-state index is -1.41. The van der Waals surface area contributed by atoms with Crippen LogP contribution in [0, 0.1) is 6.92 Å². The van der Waals surface area contributed by atoms with Crippen molar-refractivity contribution in [2.75, 3.05) is 13.2 Å². The topological polar surface area (TPSA) is 71.7 Å². The van der Waals surface area contributed by atoms with Crippen molar-refractivity contribution in [3.8, 4) is 5.75 Å². The third-order valence-electron chi connectivity index (χ3n) is 3.85. The van der Waals surface area contributed by atoms with E-state index in [0.717, 1.165) is 5.56 Å². The lowest BCUT2D eigenvalue weighted by Gasteiger charge is -2.25. The number of nitrogens with one attached hydrogen (secondary N) is 1. The first-order valence-electron chi connectivity index (χ1n) is 7.85. The van der Waals surface area contributed by atoms with Gasteiger partial charge in [-0.3, -0.25) is 4.79 Å². The van der Waals surface area contributed by atoms with Crippen molar-refractivity contribution in [1.29, 1.82) is 0 Å². The Morgan fingerprint density at radius 2 is 2.08 bits per heavy atom. The van der Waals surface area contributed by atoms with Gasteiger partial charge in [0.1, 0.15) is 11.5 Å². The Labute approximate surface area is 149 Å². The molecule has 0 fully saturated rings. The summed E-state index contributed by atoms with van der Waals surface area (Å²) in [5, 5.41) is 15.7. The van der Waals surface area contributed by atoms with E-state index in [1.807, 2.05) is 48.7 Å². The first-order valence-corrected chi connectivity index (χ1v) is 8.73. The van der Waals surface area contributed by atoms with Crippen LogP contribution in [0.25, 0.3) is 0 Å². The molecular weight excluding hydrogens is 338 g/mol. The summed E-state index contributed by atoms with van der Waals surface area (Å²) in [7, 11) is 0. The van der Waals surface area contributed by atoms with Gasteiger partial charge in [0.05, 0.1) is 12.8 Å². The summed E-state index contributed by atoms with van der Waals surface area (Å²) >= 11 is 1.40. The highest BCUT2D eigenvalue weighted by Gasteiger charge is 2.36. The lowest BCUT2D eigenvalue weighted by molar-refractivity contribution is -0.124. The summed E-state index contributed by atoms with van der Waals surface area (Å²) in [5.74, 6) is 0.733. The molecule has 5 nitrogen and oxygen atoms in total. The number of aryl methyl sites for hydroxylation is 1. The van der Waals surface area contributed by atoms with Gasteiger partial charge in [0.15, 0.2) is 12.2 Å². The number of thiophene rings is 1. The smallest absolute Gasteiger partial charge is 0.258 e. The molecule has 3 aromatic rings. The number of hydrogen-bond acceptors (Lipinski definition) is 5. The van der Waals surface area contributed by atoms with Gasteiger partial charge in [-0.25, -0.2) is 0 Å². The number of carbonyl (C=O) groups is 1. The fourth-order valence-electron chi connectivity index (χ4n) is 2.46. The molecule has 0 spiro atoms. The number of carbonyl (C=O) groups excluding carboxylic acids is 1. The van der Waals surface area contributed by atoms with E-state index >= 15 is 0 Å². The predicted molar refractivity (Wildman–Crippen MR) is 95.7 cm³/mol. The van der Waals surface area contributed by atoms with Gasteiger partial charge in [-0.15, -0.1) is 11.3 Å². The molecule has 3 rings (SSSR count). The van der Waals surface area contributed by atoms with Crippen LogP contribution in [0.1, 0.15) is 16.2 Å². The van der Waals surface area contributed by atoms with Crippen LogP contribution in [-0.4, -0.2) is 24.2 Å². The van der Waals surface area contributed by atoms with E-state index in [9.17, 15) is 9.90 Å². The zero-order valence-corrected chi connectivity index (χ0v) is 14.6. The van der Waals surface area contributed by atoms with Crippen LogP contribution < -0.4 is 10.1 Å². The molecule has 2 N–H and O–H groups in total. The Morgan fingerprint density at radius 3 is 2.76 bits per heavy atom. The molecule has 2 heterocycles. The van der Waals surface area contributed by atoms with Gasteiger partial charge in [-0.05, 0) is 42.1 Å². The lowest BCUT2D eigenvalue weighted by atomic mass is 9.98. The van der Waals surface area contributed by atoms with Gasteiger partial charge in [0.25, 0.3) is 5.91 Å². The monoisotopic (exact) mass is 357 g/mol. The Hall–Kier alpha value is -2.57. The Morgan fingerprint density at radius 1 is 1.24 bits per heavy atom. The van der Waals surface area contributed by atoms with Crippen LogP contribution in [0.3, 0.4) is 0 Å². The van der Waals surface area contributed by atoms with Crippen LogP contribution in [0.15, 0.2) is 64.6 Å². The van der Waals surface area contributed by atoms with Crippen LogP contribution in [0.2, 0.25) is 0 Å². The van der Waals surface area contributed by atoms with Crippen LogP contribution >= 0.6 is 11.3 Å². The Bertz CT molecular complexity index is 778. The van der Waals surface area contributed by atoms with E-state index in [4.69, 9.17) is 9.15 Å². The maximum Gasteiger partial charge on any atom is 0.258 e. The van der Waals surface area contributed by atoms with E-state index in [0.29, 0.717) is 16.4 Å². The number of aliphatic hydroxyl groups is 1. The molecule has 6 heteroatoms. The van der Waals surface area contributed by atoms with Crippen molar-refractivity contribution in [3.05, 3.63) is 76.4 Å². The fourth-order valence-corrected chi connectivity index (χ4v) is 3.29. The van der Waals surface area contributed by atoms with Crippen molar-refractivity contribution in [1.82, 2.24) is 5.32 Å². The van der Waals surface area contributed by atoms with Crippen molar-refractivity contribution < 1.29 is 19.1 Å². The molecule has 1 atom stereocenters. The molecule has 2 aromatic heterocycles. The molecule has 0 radical (unpaired) electrons. The molecule has 0 saturated heterocycles. The largest absolute Gasteiger partial charge is 0.484 e. The fraction of sp³-hybridized carbons (Fsp3) is 0.211. The van der Waals surface area contributed by atoms with Crippen molar-refractivity contribution in [2.24, 2.45) is 0 Å². The zero-order valence-electron chi connectivity index (χ0n) is 13.8. The number of benzene rings is 1. The zero-order chi connectivity index (χ0) is 17.7. The highest BCUT2D eigenvalue weighted by molar-refractivity contribution is 7.10. The molecule has 1 unspecified atom stereocenters. The first kappa shape index (κ1) is 17.3. The lowest BCUT2D eigenvalue weighted by Crippen LogP contribution is -2.42. The minimum Gasteiger partial charge on any atom is -0.484 e. The van der Waals surface area contributed by atoms with Gasteiger partial charge in [-0.2, -0.15) is 0 Å². The number of rotatable bonds is 7. The molecule has 1 amide bonds. The summed E-state index contributed by atoms with van der Waals surface area (Å²) in [6, 6.07) is 14.5. The molecule has 0 aliphatic heterocycles. The highest BCUT2D eigenvalue weighted by Crippen LogP contribution is 2.32. The molecule has 0 saturated carbocycles. The van der Waals surface area contributed by atoms with Crippen LogP contribution in [0.5, 0.6) is 5.75 Å². The number of furan rings is 1. The number of ether oxygens (including phenoxy) is 1. The maximum absolute atomic E-state index is 12.1. The summed E-state index contributed by atoms with van der Waals surface area (Å²) in [6.45, 7) is 1.79. The van der Waals surface area contributed by atoms with Gasteiger partial charge in [0, 0.05) is 4.88 Å². The van der Waals surface area contributed by atoms with Crippen molar-refractivity contribution in [3.63, 3.8) is 0 Å². The second kappa shape index (κ2) is 7.55. The molecular formula is C19H19NO4S. The number of amides is 1. The molecule has 0 aliphatic carbocycles. The number of para-hydroxylation sites is 1.